The van der Waals surface area contributed by atoms with Gasteiger partial charge in [0, 0.05) is 18.0 Å². The van der Waals surface area contributed by atoms with Gasteiger partial charge in [0.25, 0.3) is 11.8 Å². The summed E-state index contributed by atoms with van der Waals surface area (Å²) in [5, 5.41) is 2.72. The summed E-state index contributed by atoms with van der Waals surface area (Å²) in [5.41, 5.74) is 5.96. The number of anilines is 1. The molecule has 0 bridgehead atoms. The molecule has 0 aliphatic rings. The Bertz CT molecular complexity index is 676. The number of halogens is 1. The first-order valence-corrected chi connectivity index (χ1v) is 6.78. The first-order chi connectivity index (χ1) is 10.1. The maximum absolute atomic E-state index is 12.1. The van der Waals surface area contributed by atoms with Crippen molar-refractivity contribution in [2.24, 2.45) is 5.73 Å². The lowest BCUT2D eigenvalue weighted by Gasteiger charge is -2.08. The number of rotatable bonds is 5. The van der Waals surface area contributed by atoms with Gasteiger partial charge in [0.2, 0.25) is 0 Å². The van der Waals surface area contributed by atoms with Crippen molar-refractivity contribution in [1.29, 1.82) is 0 Å². The van der Waals surface area contributed by atoms with Crippen LogP contribution in [-0.2, 0) is 4.79 Å². The Morgan fingerprint density at radius 1 is 1.29 bits per heavy atom. The molecule has 2 aromatic rings. The van der Waals surface area contributed by atoms with Gasteiger partial charge >= 0.3 is 0 Å². The summed E-state index contributed by atoms with van der Waals surface area (Å²) < 4.78 is 5.63. The molecule has 0 spiro atoms. The van der Waals surface area contributed by atoms with Crippen LogP contribution in [0.3, 0.4) is 0 Å². The molecule has 1 aromatic heterocycles. The molecule has 21 heavy (non-hydrogen) atoms. The number of nitrogens with zero attached hydrogens (tertiary/aromatic N) is 1. The summed E-state index contributed by atoms with van der Waals surface area (Å²) in [6, 6.07) is 10.00. The number of pyridine rings is 1. The summed E-state index contributed by atoms with van der Waals surface area (Å²) in [7, 11) is 0. The maximum Gasteiger partial charge on any atom is 0.258 e. The molecule has 1 aromatic carbocycles. The highest BCUT2D eigenvalue weighted by Crippen LogP contribution is 2.19. The van der Waals surface area contributed by atoms with E-state index in [9.17, 15) is 9.59 Å². The molecule has 108 valence electrons. The van der Waals surface area contributed by atoms with Gasteiger partial charge in [-0.25, -0.2) is 4.98 Å². The second kappa shape index (κ2) is 6.85. The fourth-order valence-electron chi connectivity index (χ4n) is 1.57. The molecule has 0 unspecified atom stereocenters. The summed E-state index contributed by atoms with van der Waals surface area (Å²) >= 11 is 3.22. The van der Waals surface area contributed by atoms with Gasteiger partial charge in [-0.05, 0) is 40.2 Å². The number of hydrogen-bond acceptors (Lipinski definition) is 4. The number of amides is 2. The van der Waals surface area contributed by atoms with Crippen molar-refractivity contribution in [3.05, 3.63) is 52.8 Å². The van der Waals surface area contributed by atoms with Crippen molar-refractivity contribution >= 4 is 33.4 Å². The van der Waals surface area contributed by atoms with Crippen LogP contribution >= 0.6 is 15.9 Å². The van der Waals surface area contributed by atoms with Gasteiger partial charge < -0.3 is 15.8 Å². The number of primary amides is 1. The van der Waals surface area contributed by atoms with Crippen molar-refractivity contribution in [2.75, 3.05) is 11.9 Å². The number of aromatic nitrogens is 1. The van der Waals surface area contributed by atoms with Gasteiger partial charge in [0.15, 0.2) is 6.61 Å². The van der Waals surface area contributed by atoms with Gasteiger partial charge in [0.05, 0.1) is 5.56 Å². The molecule has 0 radical (unpaired) electrons. The number of nitrogens with two attached hydrogens (primary N) is 1. The Balaban J connectivity index is 2.09. The Morgan fingerprint density at radius 2 is 2.10 bits per heavy atom. The van der Waals surface area contributed by atoms with Gasteiger partial charge in [-0.1, -0.05) is 6.07 Å². The van der Waals surface area contributed by atoms with E-state index in [0.29, 0.717) is 21.6 Å². The lowest BCUT2D eigenvalue weighted by atomic mass is 10.2. The Hall–Kier alpha value is -2.41. The molecule has 2 amide bonds. The van der Waals surface area contributed by atoms with E-state index < -0.39 is 5.91 Å². The summed E-state index contributed by atoms with van der Waals surface area (Å²) in [6.45, 7) is -0.217. The Morgan fingerprint density at radius 3 is 2.81 bits per heavy atom. The van der Waals surface area contributed by atoms with E-state index in [1.54, 1.807) is 42.6 Å². The molecule has 0 aliphatic carbocycles. The van der Waals surface area contributed by atoms with Crippen molar-refractivity contribution in [2.45, 2.75) is 0 Å². The van der Waals surface area contributed by atoms with Gasteiger partial charge in [-0.2, -0.15) is 0 Å². The van der Waals surface area contributed by atoms with Gasteiger partial charge in [-0.3, -0.25) is 9.59 Å². The summed E-state index contributed by atoms with van der Waals surface area (Å²) in [6.07, 6.45) is 1.58. The van der Waals surface area contributed by atoms with Crippen LogP contribution < -0.4 is 15.8 Å². The van der Waals surface area contributed by atoms with Crippen LogP contribution in [0.25, 0.3) is 0 Å². The van der Waals surface area contributed by atoms with Crippen molar-refractivity contribution in [1.82, 2.24) is 4.98 Å². The Labute approximate surface area is 129 Å². The Kier molecular flexibility index (Phi) is 4.89. The second-order valence-electron chi connectivity index (χ2n) is 4.08. The van der Waals surface area contributed by atoms with E-state index in [-0.39, 0.29) is 12.5 Å². The fraction of sp³-hybridized carbons (Fsp3) is 0.0714. The average Bonchev–Trinajstić information content (AvgIpc) is 2.46. The van der Waals surface area contributed by atoms with E-state index in [0.717, 1.165) is 0 Å². The molecule has 1 heterocycles. The predicted octanol–water partition coefficient (Wildman–Crippen LogP) is 1.96. The van der Waals surface area contributed by atoms with Crippen LogP contribution in [0.4, 0.5) is 5.69 Å². The third-order valence-electron chi connectivity index (χ3n) is 2.48. The number of hydrogen-bond donors (Lipinski definition) is 2. The molecule has 0 aliphatic heterocycles. The van der Waals surface area contributed by atoms with Crippen LogP contribution in [0.1, 0.15) is 10.4 Å². The van der Waals surface area contributed by atoms with E-state index in [1.807, 2.05) is 0 Å². The van der Waals surface area contributed by atoms with Crippen LogP contribution in [0, 0.1) is 0 Å². The molecule has 0 fully saturated rings. The third kappa shape index (κ3) is 4.28. The monoisotopic (exact) mass is 349 g/mol. The number of carbonyl (C=O) groups excluding carboxylic acids is 2. The molecule has 0 saturated carbocycles. The number of benzene rings is 1. The lowest BCUT2D eigenvalue weighted by Crippen LogP contribution is -2.20. The molecule has 0 atom stereocenters. The number of ether oxygens (including phenoxy) is 1. The normalized spacial score (nSPS) is 9.95. The molecule has 0 saturated heterocycles. The molecule has 3 N–H and O–H groups in total. The van der Waals surface area contributed by atoms with E-state index in [4.69, 9.17) is 10.5 Å². The minimum absolute atomic E-state index is 0.217. The fourth-order valence-corrected chi connectivity index (χ4v) is 2.00. The molecule has 7 heteroatoms. The molecule has 2 rings (SSSR count). The first kappa shape index (κ1) is 15.0. The smallest absolute Gasteiger partial charge is 0.258 e. The van der Waals surface area contributed by atoms with E-state index in [1.165, 1.54) is 0 Å². The SMILES string of the molecule is NC(=O)COc1cccc(NC(=O)c2cccnc2Br)c1. The third-order valence-corrected chi connectivity index (χ3v) is 3.11. The number of nitrogens with one attached hydrogen (secondary N) is 1. The number of carbonyl (C=O) groups is 2. The summed E-state index contributed by atoms with van der Waals surface area (Å²) in [4.78, 5) is 26.8. The van der Waals surface area contributed by atoms with E-state index in [2.05, 4.69) is 26.2 Å². The largest absolute Gasteiger partial charge is 0.484 e. The maximum atomic E-state index is 12.1. The zero-order valence-electron chi connectivity index (χ0n) is 10.9. The van der Waals surface area contributed by atoms with Crippen LogP contribution in [-0.4, -0.2) is 23.4 Å². The quantitative estimate of drug-likeness (QED) is 0.806. The van der Waals surface area contributed by atoms with Crippen molar-refractivity contribution in [3.63, 3.8) is 0 Å². The summed E-state index contributed by atoms with van der Waals surface area (Å²) in [5.74, 6) is -0.428. The van der Waals surface area contributed by atoms with Gasteiger partial charge in [-0.15, -0.1) is 0 Å². The zero-order valence-corrected chi connectivity index (χ0v) is 12.5. The van der Waals surface area contributed by atoms with E-state index >= 15 is 0 Å². The molecular weight excluding hydrogens is 338 g/mol. The zero-order chi connectivity index (χ0) is 15.2. The molecule has 6 nitrogen and oxygen atoms in total. The standard InChI is InChI=1S/C14H12BrN3O3/c15-13-11(5-2-6-17-13)14(20)18-9-3-1-4-10(7-9)21-8-12(16)19/h1-7H,8H2,(H2,16,19)(H,18,20). The minimum atomic E-state index is -0.566. The minimum Gasteiger partial charge on any atom is -0.484 e. The van der Waals surface area contributed by atoms with Crippen LogP contribution in [0.2, 0.25) is 0 Å². The van der Waals surface area contributed by atoms with Gasteiger partial charge in [0.1, 0.15) is 10.4 Å². The van der Waals surface area contributed by atoms with Crippen LogP contribution in [0.15, 0.2) is 47.2 Å². The highest BCUT2D eigenvalue weighted by atomic mass is 79.9. The molecular formula is C14H12BrN3O3. The predicted molar refractivity (Wildman–Crippen MR) is 81.0 cm³/mol. The first-order valence-electron chi connectivity index (χ1n) is 5.99. The van der Waals surface area contributed by atoms with Crippen molar-refractivity contribution < 1.29 is 14.3 Å². The van der Waals surface area contributed by atoms with Crippen LogP contribution in [0.5, 0.6) is 5.75 Å². The van der Waals surface area contributed by atoms with Crippen molar-refractivity contribution in [3.8, 4) is 5.75 Å². The highest BCUT2D eigenvalue weighted by Gasteiger charge is 2.10. The lowest BCUT2D eigenvalue weighted by molar-refractivity contribution is -0.119. The average molecular weight is 350 g/mol. The topological polar surface area (TPSA) is 94.3 Å². The second-order valence-corrected chi connectivity index (χ2v) is 4.83. The highest BCUT2D eigenvalue weighted by molar-refractivity contribution is 9.10.